The van der Waals surface area contributed by atoms with Gasteiger partial charge in [-0.05, 0) is 74.0 Å². The first-order valence-corrected chi connectivity index (χ1v) is 8.77. The molecule has 0 spiro atoms. The Labute approximate surface area is 123 Å². The molecule has 0 heterocycles. The van der Waals surface area contributed by atoms with Crippen LogP contribution in [0.15, 0.2) is 12.2 Å². The molecule has 4 rings (SSSR count). The second kappa shape index (κ2) is 4.21. The molecule has 0 amide bonds. The lowest BCUT2D eigenvalue weighted by Gasteiger charge is -2.58. The minimum absolute atomic E-state index is 0.0328. The molecule has 110 valence electrons. The van der Waals surface area contributed by atoms with E-state index in [1.165, 1.54) is 38.5 Å². The lowest BCUT2D eigenvalue weighted by atomic mass is 9.45. The van der Waals surface area contributed by atoms with E-state index in [0.717, 1.165) is 24.7 Å². The van der Waals surface area contributed by atoms with Crippen LogP contribution in [0.5, 0.6) is 0 Å². The van der Waals surface area contributed by atoms with Crippen molar-refractivity contribution >= 4 is 5.78 Å². The summed E-state index contributed by atoms with van der Waals surface area (Å²) < 4.78 is 0. The van der Waals surface area contributed by atoms with Crippen LogP contribution in [0.1, 0.15) is 65.2 Å². The van der Waals surface area contributed by atoms with Crippen molar-refractivity contribution in [2.45, 2.75) is 65.2 Å². The predicted octanol–water partition coefficient (Wildman–Crippen LogP) is 4.76. The number of carbonyl (C=O) groups is 1. The largest absolute Gasteiger partial charge is 0.299 e. The molecule has 3 fully saturated rings. The van der Waals surface area contributed by atoms with Crippen LogP contribution in [0.3, 0.4) is 0 Å². The second-order valence-corrected chi connectivity index (χ2v) is 8.43. The van der Waals surface area contributed by atoms with Gasteiger partial charge in [-0.15, -0.1) is 0 Å². The number of hydrogen-bond acceptors (Lipinski definition) is 1. The predicted molar refractivity (Wildman–Crippen MR) is 81.3 cm³/mol. The third-order valence-corrected chi connectivity index (χ3v) is 7.79. The molecule has 1 nitrogen and oxygen atoms in total. The van der Waals surface area contributed by atoms with E-state index in [0.29, 0.717) is 23.0 Å². The van der Waals surface area contributed by atoms with Crippen LogP contribution in [0.4, 0.5) is 0 Å². The average Bonchev–Trinajstić information content (AvgIpc) is 2.82. The normalized spacial score (nSPS) is 54.2. The van der Waals surface area contributed by atoms with E-state index in [-0.39, 0.29) is 5.41 Å². The first kappa shape index (κ1) is 13.1. The Morgan fingerprint density at radius 1 is 1.10 bits per heavy atom. The fourth-order valence-corrected chi connectivity index (χ4v) is 6.57. The second-order valence-electron chi connectivity index (χ2n) is 8.43. The van der Waals surface area contributed by atoms with E-state index in [1.807, 2.05) is 0 Å². The van der Waals surface area contributed by atoms with Gasteiger partial charge in [-0.25, -0.2) is 0 Å². The molecular weight excluding hydrogens is 244 g/mol. The maximum absolute atomic E-state index is 12.8. The van der Waals surface area contributed by atoms with Gasteiger partial charge < -0.3 is 0 Å². The molecule has 0 saturated heterocycles. The number of carbonyl (C=O) groups excluding carboxylic acids is 1. The fourth-order valence-electron chi connectivity index (χ4n) is 6.57. The van der Waals surface area contributed by atoms with Gasteiger partial charge in [0.2, 0.25) is 0 Å². The molecular formula is C19H28O. The van der Waals surface area contributed by atoms with Gasteiger partial charge in [-0.2, -0.15) is 0 Å². The molecule has 0 aliphatic heterocycles. The van der Waals surface area contributed by atoms with Crippen molar-refractivity contribution in [1.82, 2.24) is 0 Å². The number of fused-ring (bicyclic) bond motifs is 5. The molecule has 0 aromatic carbocycles. The summed E-state index contributed by atoms with van der Waals surface area (Å²) in [5, 5.41) is 0. The maximum atomic E-state index is 12.8. The van der Waals surface area contributed by atoms with Gasteiger partial charge in [-0.3, -0.25) is 4.79 Å². The van der Waals surface area contributed by atoms with Crippen molar-refractivity contribution in [2.24, 2.45) is 34.5 Å². The van der Waals surface area contributed by atoms with Crippen LogP contribution in [0, 0.1) is 34.5 Å². The standard InChI is InChI=1S/C19H28O/c1-18-11-4-6-15(18)14-9-8-13-5-3-7-17(20)19(13,2)16(14)10-12-18/h4,11,13-16H,3,5-10,12H2,1-2H3/t13-,14+,15+,16+,18+,19+/m1/s1. The minimum Gasteiger partial charge on any atom is -0.299 e. The zero-order valence-electron chi connectivity index (χ0n) is 13.0. The highest BCUT2D eigenvalue weighted by molar-refractivity contribution is 5.86. The van der Waals surface area contributed by atoms with Gasteiger partial charge in [0.05, 0.1) is 0 Å². The van der Waals surface area contributed by atoms with Gasteiger partial charge >= 0.3 is 0 Å². The summed E-state index contributed by atoms with van der Waals surface area (Å²) in [6.45, 7) is 4.82. The molecule has 20 heavy (non-hydrogen) atoms. The topological polar surface area (TPSA) is 17.1 Å². The van der Waals surface area contributed by atoms with E-state index >= 15 is 0 Å². The summed E-state index contributed by atoms with van der Waals surface area (Å²) in [5.74, 6) is 3.63. The first-order valence-electron chi connectivity index (χ1n) is 8.77. The number of hydrogen-bond donors (Lipinski definition) is 0. The van der Waals surface area contributed by atoms with Gasteiger partial charge in [0.15, 0.2) is 0 Å². The molecule has 6 atom stereocenters. The third-order valence-electron chi connectivity index (χ3n) is 7.79. The van der Waals surface area contributed by atoms with Gasteiger partial charge in [0.25, 0.3) is 0 Å². The van der Waals surface area contributed by atoms with Crippen molar-refractivity contribution in [3.8, 4) is 0 Å². The highest BCUT2D eigenvalue weighted by atomic mass is 16.1. The summed E-state index contributed by atoms with van der Waals surface area (Å²) in [5.41, 5.74) is 0.479. The number of ketones is 1. The van der Waals surface area contributed by atoms with Crippen LogP contribution in [-0.2, 0) is 4.79 Å². The molecule has 4 aliphatic rings. The maximum Gasteiger partial charge on any atom is 0.139 e. The first-order chi connectivity index (χ1) is 9.56. The quantitative estimate of drug-likeness (QED) is 0.581. The molecule has 0 unspecified atom stereocenters. The van der Waals surface area contributed by atoms with Crippen molar-refractivity contribution in [2.75, 3.05) is 0 Å². The van der Waals surface area contributed by atoms with Crippen LogP contribution < -0.4 is 0 Å². The third kappa shape index (κ3) is 1.53. The van der Waals surface area contributed by atoms with Crippen LogP contribution in [0.25, 0.3) is 0 Å². The molecule has 0 aromatic heterocycles. The monoisotopic (exact) mass is 272 g/mol. The molecule has 0 radical (unpaired) electrons. The highest BCUT2D eigenvalue weighted by Gasteiger charge is 2.58. The molecule has 4 aliphatic carbocycles. The summed E-state index contributed by atoms with van der Waals surface area (Å²) >= 11 is 0. The number of allylic oxidation sites excluding steroid dienone is 2. The Kier molecular flexibility index (Phi) is 2.76. The molecule has 1 heteroatoms. The van der Waals surface area contributed by atoms with Gasteiger partial charge in [0, 0.05) is 11.8 Å². The van der Waals surface area contributed by atoms with E-state index < -0.39 is 0 Å². The fraction of sp³-hybridized carbons (Fsp3) is 0.842. The van der Waals surface area contributed by atoms with Crippen molar-refractivity contribution in [3.05, 3.63) is 12.2 Å². The Balaban J connectivity index is 1.70. The summed E-state index contributed by atoms with van der Waals surface area (Å²) in [7, 11) is 0. The Bertz CT molecular complexity index is 464. The Hall–Kier alpha value is -0.590. The van der Waals surface area contributed by atoms with Gasteiger partial charge in [0.1, 0.15) is 5.78 Å². The molecule has 0 N–H and O–H groups in total. The van der Waals surface area contributed by atoms with Crippen molar-refractivity contribution in [1.29, 1.82) is 0 Å². The molecule has 0 aromatic rings. The summed E-state index contributed by atoms with van der Waals surface area (Å²) in [6.07, 6.45) is 14.8. The van der Waals surface area contributed by atoms with Crippen LogP contribution in [0.2, 0.25) is 0 Å². The lowest BCUT2D eigenvalue weighted by Crippen LogP contribution is -2.55. The van der Waals surface area contributed by atoms with E-state index in [1.54, 1.807) is 0 Å². The molecule has 0 bridgehead atoms. The van der Waals surface area contributed by atoms with E-state index in [4.69, 9.17) is 0 Å². The summed E-state index contributed by atoms with van der Waals surface area (Å²) in [6, 6.07) is 0. The zero-order valence-corrected chi connectivity index (χ0v) is 13.0. The SMILES string of the molecule is C[C@]12C(=O)CCC[C@@H]1CC[C@@H]1[C@@H]2CC[C@]2(C)C=CC[C@@H]12. The average molecular weight is 272 g/mol. The Morgan fingerprint density at radius 3 is 2.80 bits per heavy atom. The summed E-state index contributed by atoms with van der Waals surface area (Å²) in [4.78, 5) is 12.8. The van der Waals surface area contributed by atoms with E-state index in [9.17, 15) is 4.79 Å². The number of Topliss-reactive ketones (excluding diaryl/α,β-unsaturated/α-hetero) is 1. The van der Waals surface area contributed by atoms with Crippen molar-refractivity contribution in [3.63, 3.8) is 0 Å². The van der Waals surface area contributed by atoms with Crippen molar-refractivity contribution < 1.29 is 4.79 Å². The van der Waals surface area contributed by atoms with Gasteiger partial charge in [-0.1, -0.05) is 26.0 Å². The van der Waals surface area contributed by atoms with Crippen LogP contribution in [-0.4, -0.2) is 5.78 Å². The smallest absolute Gasteiger partial charge is 0.139 e. The molecule has 3 saturated carbocycles. The Morgan fingerprint density at radius 2 is 1.95 bits per heavy atom. The van der Waals surface area contributed by atoms with E-state index in [2.05, 4.69) is 26.0 Å². The van der Waals surface area contributed by atoms with Crippen LogP contribution >= 0.6 is 0 Å². The number of rotatable bonds is 0. The zero-order chi connectivity index (χ0) is 14.0. The minimum atomic E-state index is 0.0328. The lowest BCUT2D eigenvalue weighted by molar-refractivity contribution is -0.153. The highest BCUT2D eigenvalue weighted by Crippen LogP contribution is 2.63.